The minimum absolute atomic E-state index is 0.0764. The zero-order valence-electron chi connectivity index (χ0n) is 15.6. The fourth-order valence-corrected chi connectivity index (χ4v) is 4.16. The summed E-state index contributed by atoms with van der Waals surface area (Å²) in [5, 5.41) is 6.41. The highest BCUT2D eigenvalue weighted by molar-refractivity contribution is 6.01. The second kappa shape index (κ2) is 7.21. The van der Waals surface area contributed by atoms with Crippen molar-refractivity contribution in [1.82, 2.24) is 20.3 Å². The molecule has 9 heteroatoms. The van der Waals surface area contributed by atoms with E-state index in [1.165, 1.54) is 18.5 Å². The lowest BCUT2D eigenvalue weighted by Crippen LogP contribution is -2.50. The summed E-state index contributed by atoms with van der Waals surface area (Å²) >= 11 is 0. The van der Waals surface area contributed by atoms with Crippen molar-refractivity contribution < 1.29 is 18.5 Å². The van der Waals surface area contributed by atoms with E-state index >= 15 is 4.39 Å². The van der Waals surface area contributed by atoms with Crippen LogP contribution < -0.4 is 5.32 Å². The molecule has 2 fully saturated rings. The standard InChI is InChI=1S/C19H22FN5O3/c1-3-14(26)25-6-4-5-12(9-25)24(2)18-16(20)13-8-21-19(27)15(13)17(23-18)11-7-22-28-10-11/h3,7,10,12,15,17H,1,4-6,8-9H2,2H3,(H,21,27)/t12-,15?,17?/m1/s1. The van der Waals surface area contributed by atoms with Crippen molar-refractivity contribution in [2.75, 3.05) is 26.7 Å². The quantitative estimate of drug-likeness (QED) is 0.787. The Morgan fingerprint density at radius 1 is 1.54 bits per heavy atom. The summed E-state index contributed by atoms with van der Waals surface area (Å²) in [7, 11) is 1.78. The number of amides is 2. The molecule has 0 aliphatic carbocycles. The lowest BCUT2D eigenvalue weighted by atomic mass is 9.87. The first-order chi connectivity index (χ1) is 13.5. The van der Waals surface area contributed by atoms with Gasteiger partial charge in [-0.05, 0) is 18.9 Å². The number of rotatable bonds is 3. The molecule has 0 bridgehead atoms. The molecule has 2 unspecified atom stereocenters. The van der Waals surface area contributed by atoms with Crippen molar-refractivity contribution >= 4 is 17.6 Å². The van der Waals surface area contributed by atoms with Crippen LogP contribution in [0.2, 0.25) is 0 Å². The number of carbonyl (C=O) groups is 2. The highest BCUT2D eigenvalue weighted by atomic mass is 19.1. The number of hydrogen-bond donors (Lipinski definition) is 1. The second-order valence-electron chi connectivity index (χ2n) is 7.29. The van der Waals surface area contributed by atoms with Gasteiger partial charge in [-0.1, -0.05) is 11.7 Å². The average molecular weight is 387 g/mol. The van der Waals surface area contributed by atoms with Gasteiger partial charge in [0.05, 0.1) is 18.2 Å². The van der Waals surface area contributed by atoms with Crippen LogP contribution in [0.4, 0.5) is 4.39 Å². The molecule has 8 nitrogen and oxygen atoms in total. The number of aliphatic imine (C=N–C) groups is 1. The van der Waals surface area contributed by atoms with E-state index in [1.54, 1.807) is 16.8 Å². The summed E-state index contributed by atoms with van der Waals surface area (Å²) in [6.45, 7) is 4.84. The normalized spacial score (nSPS) is 27.2. The van der Waals surface area contributed by atoms with Crippen molar-refractivity contribution in [3.05, 3.63) is 42.1 Å². The topological polar surface area (TPSA) is 91.0 Å². The smallest absolute Gasteiger partial charge is 0.246 e. The summed E-state index contributed by atoms with van der Waals surface area (Å²) in [5.74, 6) is -1.34. The molecule has 0 saturated carbocycles. The van der Waals surface area contributed by atoms with Gasteiger partial charge < -0.3 is 19.6 Å². The molecule has 3 aliphatic rings. The van der Waals surface area contributed by atoms with Crippen LogP contribution >= 0.6 is 0 Å². The number of nitrogens with one attached hydrogen (secondary N) is 1. The first-order valence-electron chi connectivity index (χ1n) is 9.29. The summed E-state index contributed by atoms with van der Waals surface area (Å²) in [4.78, 5) is 32.4. The van der Waals surface area contributed by atoms with Gasteiger partial charge in [-0.2, -0.15) is 0 Å². The first-order valence-corrected chi connectivity index (χ1v) is 9.29. The fourth-order valence-electron chi connectivity index (χ4n) is 4.16. The minimum Gasteiger partial charge on any atom is -0.364 e. The van der Waals surface area contributed by atoms with Gasteiger partial charge in [0.15, 0.2) is 11.7 Å². The Balaban J connectivity index is 1.65. The number of likely N-dealkylation sites (tertiary alicyclic amines) is 1. The highest BCUT2D eigenvalue weighted by Gasteiger charge is 2.45. The number of piperidine rings is 1. The monoisotopic (exact) mass is 387 g/mol. The number of nitrogens with zero attached hydrogens (tertiary/aromatic N) is 4. The van der Waals surface area contributed by atoms with E-state index in [2.05, 4.69) is 22.0 Å². The Kier molecular flexibility index (Phi) is 4.74. The molecule has 0 aromatic carbocycles. The van der Waals surface area contributed by atoms with Gasteiger partial charge in [-0.15, -0.1) is 0 Å². The predicted molar refractivity (Wildman–Crippen MR) is 98.9 cm³/mol. The van der Waals surface area contributed by atoms with Crippen LogP contribution in [-0.4, -0.2) is 65.3 Å². The van der Waals surface area contributed by atoms with Crippen LogP contribution in [-0.2, 0) is 9.59 Å². The summed E-state index contributed by atoms with van der Waals surface area (Å²) in [5.41, 5.74) is 1.04. The van der Waals surface area contributed by atoms with Crippen LogP contribution in [0.1, 0.15) is 24.4 Å². The van der Waals surface area contributed by atoms with Crippen LogP contribution in [0.25, 0.3) is 0 Å². The number of aromatic nitrogens is 1. The number of dihydropyridines is 1. The Hall–Kier alpha value is -2.97. The maximum Gasteiger partial charge on any atom is 0.246 e. The molecule has 0 spiro atoms. The third-order valence-electron chi connectivity index (χ3n) is 5.72. The van der Waals surface area contributed by atoms with E-state index in [9.17, 15) is 9.59 Å². The van der Waals surface area contributed by atoms with Gasteiger partial charge in [0, 0.05) is 43.9 Å². The molecule has 3 aliphatic heterocycles. The van der Waals surface area contributed by atoms with E-state index in [-0.39, 0.29) is 30.2 Å². The molecular weight excluding hydrogens is 365 g/mol. The fraction of sp³-hybridized carbons (Fsp3) is 0.474. The number of carbonyl (C=O) groups excluding carboxylic acids is 2. The second-order valence-corrected chi connectivity index (χ2v) is 7.29. The number of fused-ring (bicyclic) bond motifs is 1. The molecule has 3 atom stereocenters. The molecule has 1 aromatic heterocycles. The third-order valence-corrected chi connectivity index (χ3v) is 5.72. The molecule has 4 heterocycles. The maximum atomic E-state index is 15.3. The third kappa shape index (κ3) is 3.00. The van der Waals surface area contributed by atoms with Crippen molar-refractivity contribution in [3.63, 3.8) is 0 Å². The van der Waals surface area contributed by atoms with E-state index in [0.29, 0.717) is 24.2 Å². The summed E-state index contributed by atoms with van der Waals surface area (Å²) in [6, 6.07) is -0.664. The maximum absolute atomic E-state index is 15.3. The van der Waals surface area contributed by atoms with Gasteiger partial charge in [-0.3, -0.25) is 14.6 Å². The molecule has 2 saturated heterocycles. The van der Waals surface area contributed by atoms with E-state index in [0.717, 1.165) is 12.8 Å². The van der Waals surface area contributed by atoms with Crippen LogP contribution in [0.3, 0.4) is 0 Å². The minimum atomic E-state index is -0.693. The number of halogens is 1. The van der Waals surface area contributed by atoms with Gasteiger partial charge in [0.2, 0.25) is 11.8 Å². The molecule has 4 rings (SSSR count). The molecule has 1 aromatic rings. The van der Waals surface area contributed by atoms with Gasteiger partial charge in [0.1, 0.15) is 6.26 Å². The zero-order chi connectivity index (χ0) is 19.8. The Morgan fingerprint density at radius 2 is 2.36 bits per heavy atom. The molecule has 148 valence electrons. The van der Waals surface area contributed by atoms with Crippen molar-refractivity contribution in [2.45, 2.75) is 24.9 Å². The van der Waals surface area contributed by atoms with E-state index in [1.807, 2.05) is 0 Å². The molecule has 28 heavy (non-hydrogen) atoms. The SMILES string of the molecule is C=CC(=O)N1CCC[C@@H](N(C)C2=NC(c3cnoc3)C3C(=O)NCC3=C2F)C1. The van der Waals surface area contributed by atoms with Gasteiger partial charge in [0.25, 0.3) is 0 Å². The lowest BCUT2D eigenvalue weighted by Gasteiger charge is -2.39. The van der Waals surface area contributed by atoms with E-state index in [4.69, 9.17) is 4.52 Å². The Labute approximate surface area is 161 Å². The molecular formula is C19H22FN5O3. The predicted octanol–water partition coefficient (Wildman–Crippen LogP) is 1.21. The lowest BCUT2D eigenvalue weighted by molar-refractivity contribution is -0.127. The highest BCUT2D eigenvalue weighted by Crippen LogP contribution is 2.41. The van der Waals surface area contributed by atoms with Crippen LogP contribution in [0.5, 0.6) is 0 Å². The van der Waals surface area contributed by atoms with Crippen molar-refractivity contribution in [3.8, 4) is 0 Å². The molecule has 1 N–H and O–H groups in total. The van der Waals surface area contributed by atoms with Crippen molar-refractivity contribution in [1.29, 1.82) is 0 Å². The largest absolute Gasteiger partial charge is 0.364 e. The molecule has 0 radical (unpaired) electrons. The first kappa shape index (κ1) is 18.4. The van der Waals surface area contributed by atoms with Crippen LogP contribution in [0, 0.1) is 5.92 Å². The zero-order valence-corrected chi connectivity index (χ0v) is 15.6. The van der Waals surface area contributed by atoms with Gasteiger partial charge in [-0.25, -0.2) is 4.39 Å². The average Bonchev–Trinajstić information content (AvgIpc) is 3.38. The number of amidine groups is 1. The number of likely N-dealkylation sites (N-methyl/N-ethyl adjacent to an activating group) is 1. The summed E-state index contributed by atoms with van der Waals surface area (Å²) < 4.78 is 20.2. The van der Waals surface area contributed by atoms with E-state index < -0.39 is 17.8 Å². The number of hydrogen-bond acceptors (Lipinski definition) is 6. The molecule has 2 amide bonds. The van der Waals surface area contributed by atoms with Crippen LogP contribution in [0.15, 0.2) is 46.0 Å². The van der Waals surface area contributed by atoms with Crippen molar-refractivity contribution in [2.24, 2.45) is 10.9 Å². The summed E-state index contributed by atoms with van der Waals surface area (Å²) in [6.07, 6.45) is 5.87. The Bertz CT molecular complexity index is 863. The van der Waals surface area contributed by atoms with Gasteiger partial charge >= 0.3 is 0 Å². The Morgan fingerprint density at radius 3 is 3.07 bits per heavy atom.